The van der Waals surface area contributed by atoms with Crippen LogP contribution in [0.1, 0.15) is 13.8 Å². The van der Waals surface area contributed by atoms with Crippen LogP contribution >= 0.6 is 24.2 Å². The Bertz CT molecular complexity index is 190. The lowest BCUT2D eigenvalue weighted by Crippen LogP contribution is -2.42. The Hall–Kier alpha value is 0.0700. The molecule has 0 saturated carbocycles. The highest BCUT2D eigenvalue weighted by Gasteiger charge is 2.23. The van der Waals surface area contributed by atoms with Crippen LogP contribution in [0.15, 0.2) is 0 Å². The Kier molecular flexibility index (Phi) is 6.57. The van der Waals surface area contributed by atoms with Gasteiger partial charge in [-0.25, -0.2) is 0 Å². The molecule has 1 N–H and O–H groups in total. The summed E-state index contributed by atoms with van der Waals surface area (Å²) < 4.78 is 0. The molecule has 0 spiro atoms. The summed E-state index contributed by atoms with van der Waals surface area (Å²) in [4.78, 5) is 12.5. The Morgan fingerprint density at radius 1 is 1.64 bits per heavy atom. The van der Waals surface area contributed by atoms with Gasteiger partial charge in [-0.1, -0.05) is 13.8 Å². The summed E-state index contributed by atoms with van der Waals surface area (Å²) in [6, 6.07) is 0. The lowest BCUT2D eigenvalue weighted by atomic mass is 10.1. The van der Waals surface area contributed by atoms with Crippen molar-refractivity contribution in [1.29, 1.82) is 0 Å². The van der Waals surface area contributed by atoms with Gasteiger partial charge < -0.3 is 5.11 Å². The van der Waals surface area contributed by atoms with Crippen LogP contribution in [-0.2, 0) is 4.79 Å². The molecule has 0 amide bonds. The maximum Gasteiger partial charge on any atom is 0.317 e. The minimum Gasteiger partial charge on any atom is -0.480 e. The van der Waals surface area contributed by atoms with Gasteiger partial charge in [-0.2, -0.15) is 11.8 Å². The summed E-state index contributed by atoms with van der Waals surface area (Å²) in [6.07, 6.45) is 0. The van der Waals surface area contributed by atoms with Gasteiger partial charge in [0.25, 0.3) is 0 Å². The number of carbonyl (C=O) groups is 1. The number of carboxylic acids is 1. The average molecular weight is 240 g/mol. The summed E-state index contributed by atoms with van der Waals surface area (Å²) in [5.41, 5.74) is 0. The highest BCUT2D eigenvalue weighted by molar-refractivity contribution is 8.00. The van der Waals surface area contributed by atoms with Crippen LogP contribution in [0.5, 0.6) is 0 Å². The van der Waals surface area contributed by atoms with Gasteiger partial charge >= 0.3 is 5.97 Å². The van der Waals surface area contributed by atoms with Gasteiger partial charge in [-0.15, -0.1) is 12.4 Å². The van der Waals surface area contributed by atoms with Crippen molar-refractivity contribution in [3.8, 4) is 0 Å². The fraction of sp³-hybridized carbons (Fsp3) is 0.889. The first-order valence-electron chi connectivity index (χ1n) is 4.65. The standard InChI is InChI=1S/C9H17NO2S.ClH/c1-7(2)8-5-10(3-4-13-8)6-9(11)12;/h7-8H,3-6H2,1-2H3,(H,11,12);1H. The van der Waals surface area contributed by atoms with E-state index in [0.29, 0.717) is 11.2 Å². The molecule has 1 fully saturated rings. The molecule has 0 aromatic carbocycles. The topological polar surface area (TPSA) is 40.5 Å². The number of carboxylic acid groups (broad SMARTS) is 1. The molecule has 3 nitrogen and oxygen atoms in total. The number of nitrogens with zero attached hydrogens (tertiary/aromatic N) is 1. The minimum absolute atomic E-state index is 0. The summed E-state index contributed by atoms with van der Waals surface area (Å²) in [6.45, 7) is 6.43. The summed E-state index contributed by atoms with van der Waals surface area (Å²) >= 11 is 1.97. The van der Waals surface area contributed by atoms with Gasteiger partial charge in [-0.3, -0.25) is 9.69 Å². The summed E-state index contributed by atoms with van der Waals surface area (Å²) in [7, 11) is 0. The molecule has 0 aliphatic carbocycles. The molecular formula is C9H18ClNO2S. The Morgan fingerprint density at radius 3 is 2.79 bits per heavy atom. The van der Waals surface area contributed by atoms with E-state index in [1.807, 2.05) is 16.7 Å². The van der Waals surface area contributed by atoms with E-state index in [0.717, 1.165) is 18.8 Å². The highest BCUT2D eigenvalue weighted by atomic mass is 35.5. The number of aliphatic carboxylic acids is 1. The van der Waals surface area contributed by atoms with Crippen LogP contribution in [0.25, 0.3) is 0 Å². The fourth-order valence-corrected chi connectivity index (χ4v) is 2.84. The van der Waals surface area contributed by atoms with E-state index in [2.05, 4.69) is 13.8 Å². The molecule has 5 heteroatoms. The van der Waals surface area contributed by atoms with Crippen molar-refractivity contribution in [3.63, 3.8) is 0 Å². The van der Waals surface area contributed by atoms with Crippen molar-refractivity contribution in [2.45, 2.75) is 19.1 Å². The zero-order valence-electron chi connectivity index (χ0n) is 8.60. The fourth-order valence-electron chi connectivity index (χ4n) is 1.47. The van der Waals surface area contributed by atoms with Crippen LogP contribution in [0.4, 0.5) is 0 Å². The number of halogens is 1. The van der Waals surface area contributed by atoms with E-state index in [1.54, 1.807) is 0 Å². The second-order valence-electron chi connectivity index (χ2n) is 3.78. The lowest BCUT2D eigenvalue weighted by molar-refractivity contribution is -0.138. The van der Waals surface area contributed by atoms with Gasteiger partial charge in [-0.05, 0) is 5.92 Å². The maximum absolute atomic E-state index is 10.5. The summed E-state index contributed by atoms with van der Waals surface area (Å²) in [5.74, 6) is 0.992. The SMILES string of the molecule is CC(C)C1CN(CC(=O)O)CCS1.Cl. The molecule has 0 aromatic heterocycles. The second-order valence-corrected chi connectivity index (χ2v) is 5.13. The van der Waals surface area contributed by atoms with Crippen LogP contribution in [0.2, 0.25) is 0 Å². The van der Waals surface area contributed by atoms with Crippen molar-refractivity contribution in [1.82, 2.24) is 4.90 Å². The normalized spacial score (nSPS) is 23.2. The van der Waals surface area contributed by atoms with Crippen molar-refractivity contribution in [2.24, 2.45) is 5.92 Å². The Balaban J connectivity index is 0.00000169. The highest BCUT2D eigenvalue weighted by Crippen LogP contribution is 2.24. The molecule has 14 heavy (non-hydrogen) atoms. The first-order valence-corrected chi connectivity index (χ1v) is 5.70. The Morgan fingerprint density at radius 2 is 2.29 bits per heavy atom. The van der Waals surface area contributed by atoms with Crippen molar-refractivity contribution >= 4 is 30.1 Å². The number of hydrogen-bond donors (Lipinski definition) is 1. The van der Waals surface area contributed by atoms with Gasteiger partial charge in [0.05, 0.1) is 6.54 Å². The monoisotopic (exact) mass is 239 g/mol. The molecule has 1 aliphatic rings. The van der Waals surface area contributed by atoms with Crippen LogP contribution < -0.4 is 0 Å². The molecule has 1 atom stereocenters. The number of thioether (sulfide) groups is 1. The zero-order valence-corrected chi connectivity index (χ0v) is 10.2. The van der Waals surface area contributed by atoms with E-state index >= 15 is 0 Å². The van der Waals surface area contributed by atoms with Gasteiger partial charge in [0.15, 0.2) is 0 Å². The van der Waals surface area contributed by atoms with Crippen molar-refractivity contribution < 1.29 is 9.90 Å². The number of rotatable bonds is 3. The average Bonchev–Trinajstić information content (AvgIpc) is 2.03. The molecule has 1 aliphatic heterocycles. The predicted molar refractivity (Wildman–Crippen MR) is 62.4 cm³/mol. The second kappa shape index (κ2) is 6.53. The molecule has 1 heterocycles. The first-order chi connectivity index (χ1) is 6.09. The first kappa shape index (κ1) is 14.1. The van der Waals surface area contributed by atoms with Crippen LogP contribution in [-0.4, -0.2) is 46.6 Å². The van der Waals surface area contributed by atoms with E-state index in [-0.39, 0.29) is 19.0 Å². The molecule has 1 unspecified atom stereocenters. The molecule has 1 rings (SSSR count). The van der Waals surface area contributed by atoms with Crippen LogP contribution in [0.3, 0.4) is 0 Å². The molecular weight excluding hydrogens is 222 g/mol. The molecule has 0 radical (unpaired) electrons. The van der Waals surface area contributed by atoms with Gasteiger partial charge in [0.2, 0.25) is 0 Å². The van der Waals surface area contributed by atoms with E-state index in [9.17, 15) is 4.79 Å². The number of hydrogen-bond acceptors (Lipinski definition) is 3. The minimum atomic E-state index is -0.714. The third kappa shape index (κ3) is 4.53. The third-order valence-corrected chi connectivity index (χ3v) is 3.82. The predicted octanol–water partition coefficient (Wildman–Crippen LogP) is 1.57. The zero-order chi connectivity index (χ0) is 9.84. The Labute approximate surface area is 95.6 Å². The van der Waals surface area contributed by atoms with Gasteiger partial charge in [0.1, 0.15) is 0 Å². The lowest BCUT2D eigenvalue weighted by Gasteiger charge is -2.33. The smallest absolute Gasteiger partial charge is 0.317 e. The molecule has 1 saturated heterocycles. The van der Waals surface area contributed by atoms with E-state index in [1.165, 1.54) is 0 Å². The van der Waals surface area contributed by atoms with Gasteiger partial charge in [0, 0.05) is 24.1 Å². The maximum atomic E-state index is 10.5. The third-order valence-electron chi connectivity index (χ3n) is 2.28. The van der Waals surface area contributed by atoms with Crippen molar-refractivity contribution in [2.75, 3.05) is 25.4 Å². The quantitative estimate of drug-likeness (QED) is 0.812. The van der Waals surface area contributed by atoms with E-state index < -0.39 is 5.97 Å². The van der Waals surface area contributed by atoms with Crippen molar-refractivity contribution in [3.05, 3.63) is 0 Å². The largest absolute Gasteiger partial charge is 0.480 e. The molecule has 0 aromatic rings. The van der Waals surface area contributed by atoms with E-state index in [4.69, 9.17) is 5.11 Å². The molecule has 84 valence electrons. The van der Waals surface area contributed by atoms with Crippen LogP contribution in [0, 0.1) is 5.92 Å². The molecule has 0 bridgehead atoms. The summed E-state index contributed by atoms with van der Waals surface area (Å²) in [5, 5.41) is 9.25.